The zero-order valence-corrected chi connectivity index (χ0v) is 10.6. The maximum Gasteiger partial charge on any atom is 0.0965 e. The summed E-state index contributed by atoms with van der Waals surface area (Å²) in [4.78, 5) is 6.84. The van der Waals surface area contributed by atoms with Crippen molar-refractivity contribution in [1.82, 2.24) is 20.1 Å². The van der Waals surface area contributed by atoms with Gasteiger partial charge in [0.15, 0.2) is 0 Å². The fraction of sp³-hybridized carbons (Fsp3) is 0.0625. The lowest BCUT2D eigenvalue weighted by Crippen LogP contribution is -2.31. The highest BCUT2D eigenvalue weighted by atomic mass is 15.2. The molecule has 0 spiro atoms. The average molecular weight is 258 g/mol. The monoisotopic (exact) mass is 258 g/mol. The Kier molecular flexibility index (Phi) is 1.72. The number of rotatable bonds is 0. The number of fused-ring (bicyclic) bond motifs is 1. The first-order valence-corrected chi connectivity index (χ1v) is 6.60. The minimum atomic E-state index is 0.752. The van der Waals surface area contributed by atoms with E-state index in [0.717, 1.165) is 39.6 Å². The summed E-state index contributed by atoms with van der Waals surface area (Å²) >= 11 is 0. The molecule has 0 unspecified atom stereocenters. The van der Waals surface area contributed by atoms with Gasteiger partial charge in [0, 0.05) is 28.6 Å². The first-order chi connectivity index (χ1) is 9.92. The predicted octanol–water partition coefficient (Wildman–Crippen LogP) is 1.90. The van der Waals surface area contributed by atoms with E-state index in [1.165, 1.54) is 5.39 Å². The smallest absolute Gasteiger partial charge is 0.0965 e. The van der Waals surface area contributed by atoms with E-state index in [4.69, 9.17) is 0 Å². The molecule has 4 heterocycles. The van der Waals surface area contributed by atoms with Crippen LogP contribution < -0.4 is 5.35 Å². The van der Waals surface area contributed by atoms with Gasteiger partial charge in [0.2, 0.25) is 0 Å². The van der Waals surface area contributed by atoms with E-state index in [2.05, 4.69) is 38.4 Å². The van der Waals surface area contributed by atoms with Crippen molar-refractivity contribution in [1.29, 1.82) is 0 Å². The van der Waals surface area contributed by atoms with E-state index < -0.39 is 0 Å². The largest absolute Gasteiger partial charge is 0.340 e. The van der Waals surface area contributed by atoms with Gasteiger partial charge in [0.1, 0.15) is 0 Å². The van der Waals surface area contributed by atoms with Crippen LogP contribution in [0.2, 0.25) is 0 Å². The van der Waals surface area contributed by atoms with Gasteiger partial charge in [0.25, 0.3) is 0 Å². The number of allylic oxidation sites excluding steroid dienone is 2. The number of aromatic nitrogens is 3. The average Bonchev–Trinajstić information content (AvgIpc) is 2.52. The molecule has 0 fully saturated rings. The van der Waals surface area contributed by atoms with Crippen LogP contribution in [0.15, 0.2) is 48.8 Å². The molecule has 0 bridgehead atoms. The van der Waals surface area contributed by atoms with E-state index in [1.807, 2.05) is 30.5 Å². The standard InChI is InChI=1S/C16H10N4/c1-2-7-20-9-12-15-14-10(4-3-5-11(14)18-19-12)8-17-16(15)13(20)6-1/h1-8H,9H2. The fourth-order valence-corrected chi connectivity index (χ4v) is 3.08. The van der Waals surface area contributed by atoms with Crippen LogP contribution in [0.3, 0.4) is 0 Å². The number of pyridine rings is 1. The molecule has 1 aromatic carbocycles. The predicted molar refractivity (Wildman–Crippen MR) is 77.3 cm³/mol. The van der Waals surface area contributed by atoms with Crippen LogP contribution in [0.25, 0.3) is 27.4 Å². The quantitative estimate of drug-likeness (QED) is 0.617. The molecule has 0 saturated heterocycles. The number of benzene rings is 1. The third kappa shape index (κ3) is 1.13. The Bertz CT molecular complexity index is 969. The summed E-state index contributed by atoms with van der Waals surface area (Å²) in [6.07, 6.45) is 10.2. The minimum absolute atomic E-state index is 0.752. The van der Waals surface area contributed by atoms with Crippen LogP contribution in [0.4, 0.5) is 0 Å². The highest BCUT2D eigenvalue weighted by Crippen LogP contribution is 2.28. The van der Waals surface area contributed by atoms with Crippen molar-refractivity contribution in [2.24, 2.45) is 0 Å². The molecule has 0 N–H and O–H groups in total. The number of nitrogens with zero attached hydrogens (tertiary/aromatic N) is 4. The Morgan fingerprint density at radius 2 is 2.05 bits per heavy atom. The van der Waals surface area contributed by atoms with Crippen LogP contribution in [-0.4, -0.2) is 20.1 Å². The van der Waals surface area contributed by atoms with Crippen molar-refractivity contribution in [2.75, 3.05) is 0 Å². The van der Waals surface area contributed by atoms with E-state index >= 15 is 0 Å². The summed E-state index contributed by atoms with van der Waals surface area (Å²) < 4.78 is 0. The Balaban J connectivity index is 2.11. The van der Waals surface area contributed by atoms with E-state index in [-0.39, 0.29) is 0 Å². The molecule has 4 nitrogen and oxygen atoms in total. The molecule has 0 atom stereocenters. The molecule has 94 valence electrons. The SMILES string of the molecule is C1=CC2=c3ncc4cccc5nnc(c3c45)CN2C=C1. The molecular weight excluding hydrogens is 248 g/mol. The summed E-state index contributed by atoms with van der Waals surface area (Å²) in [6, 6.07) is 6.09. The summed E-state index contributed by atoms with van der Waals surface area (Å²) in [6.45, 7) is 0.752. The molecule has 4 heteroatoms. The summed E-state index contributed by atoms with van der Waals surface area (Å²) in [7, 11) is 0. The molecule has 0 aliphatic carbocycles. The highest BCUT2D eigenvalue weighted by molar-refractivity contribution is 6.09. The van der Waals surface area contributed by atoms with Crippen molar-refractivity contribution in [3.05, 3.63) is 59.9 Å². The lowest BCUT2D eigenvalue weighted by Gasteiger charge is -2.27. The second kappa shape index (κ2) is 3.42. The number of hydrogen-bond acceptors (Lipinski definition) is 4. The van der Waals surface area contributed by atoms with Gasteiger partial charge in [-0.25, -0.2) is 0 Å². The third-order valence-electron chi connectivity index (χ3n) is 3.96. The summed E-state index contributed by atoms with van der Waals surface area (Å²) in [5, 5.41) is 13.2. The van der Waals surface area contributed by atoms with Crippen molar-refractivity contribution >= 4 is 27.4 Å². The molecule has 5 rings (SSSR count). The molecule has 2 aromatic heterocycles. The molecule has 0 radical (unpaired) electrons. The van der Waals surface area contributed by atoms with Crippen LogP contribution >= 0.6 is 0 Å². The Morgan fingerprint density at radius 1 is 1.05 bits per heavy atom. The van der Waals surface area contributed by atoms with Crippen LogP contribution in [0, 0.1) is 0 Å². The maximum atomic E-state index is 4.67. The zero-order valence-electron chi connectivity index (χ0n) is 10.6. The summed E-state index contributed by atoms with van der Waals surface area (Å²) in [5.41, 5.74) is 3.08. The molecule has 2 aliphatic rings. The van der Waals surface area contributed by atoms with E-state index in [0.29, 0.717) is 0 Å². The van der Waals surface area contributed by atoms with Gasteiger partial charge in [0.05, 0.1) is 28.8 Å². The van der Waals surface area contributed by atoms with Crippen molar-refractivity contribution < 1.29 is 0 Å². The lowest BCUT2D eigenvalue weighted by atomic mass is 10.0. The molecule has 3 aromatic rings. The number of hydrogen-bond donors (Lipinski definition) is 0. The fourth-order valence-electron chi connectivity index (χ4n) is 3.08. The lowest BCUT2D eigenvalue weighted by molar-refractivity contribution is 0.506. The highest BCUT2D eigenvalue weighted by Gasteiger charge is 2.22. The van der Waals surface area contributed by atoms with Gasteiger partial charge in [-0.3, -0.25) is 4.98 Å². The van der Waals surface area contributed by atoms with Crippen molar-refractivity contribution in [3.63, 3.8) is 0 Å². The van der Waals surface area contributed by atoms with Crippen LogP contribution in [0.1, 0.15) is 5.69 Å². The van der Waals surface area contributed by atoms with Gasteiger partial charge < -0.3 is 4.90 Å². The molecular formula is C16H10N4. The zero-order chi connectivity index (χ0) is 13.1. The van der Waals surface area contributed by atoms with Gasteiger partial charge in [-0.15, -0.1) is 0 Å². The van der Waals surface area contributed by atoms with Crippen LogP contribution in [0.5, 0.6) is 0 Å². The Hall–Kier alpha value is -2.75. The van der Waals surface area contributed by atoms with Crippen LogP contribution in [-0.2, 0) is 6.54 Å². The first kappa shape index (κ1) is 10.1. The third-order valence-corrected chi connectivity index (χ3v) is 3.96. The maximum absolute atomic E-state index is 4.67. The molecule has 20 heavy (non-hydrogen) atoms. The topological polar surface area (TPSA) is 41.9 Å². The van der Waals surface area contributed by atoms with E-state index in [9.17, 15) is 0 Å². The first-order valence-electron chi connectivity index (χ1n) is 6.60. The normalized spacial score (nSPS) is 16.2. The van der Waals surface area contributed by atoms with Crippen molar-refractivity contribution in [3.8, 4) is 0 Å². The van der Waals surface area contributed by atoms with Gasteiger partial charge in [-0.05, 0) is 18.2 Å². The van der Waals surface area contributed by atoms with Gasteiger partial charge in [-0.2, -0.15) is 10.2 Å². The second-order valence-electron chi connectivity index (χ2n) is 5.08. The van der Waals surface area contributed by atoms with E-state index in [1.54, 1.807) is 0 Å². The Morgan fingerprint density at radius 3 is 3.05 bits per heavy atom. The molecule has 2 aliphatic heterocycles. The molecule has 0 amide bonds. The van der Waals surface area contributed by atoms with Gasteiger partial charge >= 0.3 is 0 Å². The Labute approximate surface area is 114 Å². The minimum Gasteiger partial charge on any atom is -0.340 e. The molecule has 0 saturated carbocycles. The summed E-state index contributed by atoms with van der Waals surface area (Å²) in [5.74, 6) is 0. The van der Waals surface area contributed by atoms with Crippen molar-refractivity contribution in [2.45, 2.75) is 6.54 Å². The van der Waals surface area contributed by atoms with Gasteiger partial charge in [-0.1, -0.05) is 18.2 Å². The second-order valence-corrected chi connectivity index (χ2v) is 5.08.